The molecule has 3 rings (SSSR count). The summed E-state index contributed by atoms with van der Waals surface area (Å²) < 4.78 is 6.26. The lowest BCUT2D eigenvalue weighted by Crippen LogP contribution is -2.48. The number of ether oxygens (including phenoxy) is 1. The molecule has 0 spiro atoms. The Kier molecular flexibility index (Phi) is 10.1. The van der Waals surface area contributed by atoms with E-state index in [1.54, 1.807) is 12.2 Å². The third-order valence-electron chi connectivity index (χ3n) is 6.77. The topological polar surface area (TPSA) is 32.8 Å². The van der Waals surface area contributed by atoms with Gasteiger partial charge in [0.15, 0.2) is 0 Å². The second-order valence-corrected chi connectivity index (χ2v) is 9.36. The van der Waals surface area contributed by atoms with E-state index in [0.29, 0.717) is 18.7 Å². The van der Waals surface area contributed by atoms with Gasteiger partial charge >= 0.3 is 0 Å². The van der Waals surface area contributed by atoms with E-state index in [1.165, 1.54) is 16.8 Å². The predicted octanol–water partition coefficient (Wildman–Crippen LogP) is 7.06. The number of amides is 1. The maximum Gasteiger partial charge on any atom is 0.255 e. The van der Waals surface area contributed by atoms with Crippen LogP contribution in [0.2, 0.25) is 0 Å². The first-order chi connectivity index (χ1) is 17.9. The summed E-state index contributed by atoms with van der Waals surface area (Å²) in [5.74, 6) is 0.785. The molecular formula is C33H40N2O2. The molecule has 0 fully saturated rings. The summed E-state index contributed by atoms with van der Waals surface area (Å²) in [6.07, 6.45) is 9.75. The van der Waals surface area contributed by atoms with E-state index in [4.69, 9.17) is 4.74 Å². The number of allylic oxidation sites excluding steroid dienone is 6. The lowest BCUT2D eigenvalue weighted by atomic mass is 9.92. The number of hydrogen-bond donors (Lipinski definition) is 0. The second kappa shape index (κ2) is 13.5. The average Bonchev–Trinajstić information content (AvgIpc) is 2.91. The largest absolute Gasteiger partial charge is 0.491 e. The molecule has 1 heterocycles. The summed E-state index contributed by atoms with van der Waals surface area (Å²) >= 11 is 0. The van der Waals surface area contributed by atoms with Gasteiger partial charge in [-0.15, -0.1) is 0 Å². The minimum absolute atomic E-state index is 0.0233. The van der Waals surface area contributed by atoms with Gasteiger partial charge < -0.3 is 14.5 Å². The van der Waals surface area contributed by atoms with Crippen molar-refractivity contribution in [2.24, 2.45) is 0 Å². The quantitative estimate of drug-likeness (QED) is 0.247. The molecule has 2 aromatic carbocycles. The highest BCUT2D eigenvalue weighted by molar-refractivity contribution is 5.99. The number of fused-ring (bicyclic) bond motifs is 1. The molecule has 0 aliphatic carbocycles. The van der Waals surface area contributed by atoms with Crippen LogP contribution < -0.4 is 9.64 Å². The zero-order chi connectivity index (χ0) is 26.8. The van der Waals surface area contributed by atoms with E-state index in [9.17, 15) is 4.79 Å². The van der Waals surface area contributed by atoms with Crippen molar-refractivity contribution in [3.8, 4) is 5.75 Å². The van der Waals surface area contributed by atoms with Crippen molar-refractivity contribution in [1.82, 2.24) is 4.90 Å². The number of nitrogens with zero attached hydrogens (tertiary/aromatic N) is 2. The van der Waals surface area contributed by atoms with E-state index in [1.807, 2.05) is 55.2 Å². The molecule has 1 aliphatic heterocycles. The van der Waals surface area contributed by atoms with Crippen LogP contribution in [-0.2, 0) is 17.8 Å². The summed E-state index contributed by atoms with van der Waals surface area (Å²) in [5.41, 5.74) is 6.19. The van der Waals surface area contributed by atoms with Gasteiger partial charge in [-0.3, -0.25) is 4.79 Å². The smallest absolute Gasteiger partial charge is 0.255 e. The molecular weight excluding hydrogens is 456 g/mol. The van der Waals surface area contributed by atoms with Gasteiger partial charge in [0.25, 0.3) is 5.91 Å². The third-order valence-corrected chi connectivity index (χ3v) is 6.77. The maximum absolute atomic E-state index is 14.1. The van der Waals surface area contributed by atoms with E-state index >= 15 is 0 Å². The Bertz CT molecular complexity index is 1180. The standard InChI is InChI=1S/C33H40N2O2/c1-7-11-17-31(25(5)6)32(14-8-2)33(36)35-23-27-16-13-12-15-26(27)22-29(35)24-37-30-20-18-28(19-21-30)34(9-3)10-4/h7-8,11-21,29H,1-2,9-10,22-24H2,3-6H3/b17-11-,32-14+/t29-/m0/s1. The highest BCUT2D eigenvalue weighted by Crippen LogP contribution is 2.29. The van der Waals surface area contributed by atoms with Crippen LogP contribution in [0.25, 0.3) is 0 Å². The van der Waals surface area contributed by atoms with Crippen LogP contribution >= 0.6 is 0 Å². The average molecular weight is 497 g/mol. The molecule has 2 aromatic rings. The lowest BCUT2D eigenvalue weighted by Gasteiger charge is -2.37. The minimum atomic E-state index is -0.0973. The van der Waals surface area contributed by atoms with Gasteiger partial charge in [-0.25, -0.2) is 0 Å². The number of carbonyl (C=O) groups excluding carboxylic acids is 1. The van der Waals surface area contributed by atoms with Crippen LogP contribution in [0.15, 0.2) is 109 Å². The zero-order valence-corrected chi connectivity index (χ0v) is 22.7. The Hall–Kier alpha value is -3.79. The number of benzene rings is 2. The van der Waals surface area contributed by atoms with Gasteiger partial charge in [-0.1, -0.05) is 67.3 Å². The van der Waals surface area contributed by atoms with Crippen molar-refractivity contribution in [3.63, 3.8) is 0 Å². The Morgan fingerprint density at radius 1 is 1.03 bits per heavy atom. The molecule has 4 nitrogen and oxygen atoms in total. The Balaban J connectivity index is 1.89. The molecule has 0 saturated heterocycles. The van der Waals surface area contributed by atoms with Gasteiger partial charge in [-0.2, -0.15) is 0 Å². The van der Waals surface area contributed by atoms with Crippen LogP contribution in [-0.4, -0.2) is 36.5 Å². The molecule has 0 unspecified atom stereocenters. The molecule has 1 amide bonds. The van der Waals surface area contributed by atoms with Crippen molar-refractivity contribution >= 4 is 11.6 Å². The van der Waals surface area contributed by atoms with Crippen LogP contribution in [0.1, 0.15) is 38.8 Å². The van der Waals surface area contributed by atoms with E-state index in [-0.39, 0.29) is 11.9 Å². The zero-order valence-electron chi connectivity index (χ0n) is 22.7. The Morgan fingerprint density at radius 3 is 2.30 bits per heavy atom. The molecule has 37 heavy (non-hydrogen) atoms. The fourth-order valence-corrected chi connectivity index (χ4v) is 4.75. The number of rotatable bonds is 11. The van der Waals surface area contributed by atoms with Crippen molar-refractivity contribution < 1.29 is 9.53 Å². The van der Waals surface area contributed by atoms with Crippen molar-refractivity contribution in [1.29, 1.82) is 0 Å². The molecule has 0 radical (unpaired) electrons. The fourth-order valence-electron chi connectivity index (χ4n) is 4.75. The summed E-state index contributed by atoms with van der Waals surface area (Å²) in [6.45, 7) is 18.9. The first kappa shape index (κ1) is 27.8. The number of hydrogen-bond acceptors (Lipinski definition) is 3. The third kappa shape index (κ3) is 6.91. The lowest BCUT2D eigenvalue weighted by molar-refractivity contribution is -0.131. The van der Waals surface area contributed by atoms with Crippen LogP contribution in [0.3, 0.4) is 0 Å². The van der Waals surface area contributed by atoms with E-state index < -0.39 is 0 Å². The fraction of sp³-hybridized carbons (Fsp3) is 0.303. The molecule has 0 N–H and O–H groups in total. The van der Waals surface area contributed by atoms with Gasteiger partial charge in [-0.05, 0) is 81.2 Å². The molecule has 0 saturated carbocycles. The predicted molar refractivity (Wildman–Crippen MR) is 156 cm³/mol. The summed E-state index contributed by atoms with van der Waals surface area (Å²) in [5, 5.41) is 0. The first-order valence-electron chi connectivity index (χ1n) is 13.1. The molecule has 0 aromatic heterocycles. The highest BCUT2D eigenvalue weighted by Gasteiger charge is 2.32. The Morgan fingerprint density at radius 2 is 1.70 bits per heavy atom. The van der Waals surface area contributed by atoms with Crippen molar-refractivity contribution in [2.75, 3.05) is 24.6 Å². The van der Waals surface area contributed by atoms with Gasteiger partial charge in [0, 0.05) is 30.9 Å². The summed E-state index contributed by atoms with van der Waals surface area (Å²) in [6, 6.07) is 16.5. The normalized spacial score (nSPS) is 15.2. The summed E-state index contributed by atoms with van der Waals surface area (Å²) in [7, 11) is 0. The molecule has 4 heteroatoms. The van der Waals surface area contributed by atoms with Gasteiger partial charge in [0.05, 0.1) is 6.04 Å². The minimum Gasteiger partial charge on any atom is -0.491 e. The Labute approximate surface area is 222 Å². The molecule has 0 bridgehead atoms. The van der Waals surface area contributed by atoms with Gasteiger partial charge in [0.2, 0.25) is 0 Å². The second-order valence-electron chi connectivity index (χ2n) is 9.36. The monoisotopic (exact) mass is 496 g/mol. The van der Waals surface area contributed by atoms with Crippen LogP contribution in [0, 0.1) is 0 Å². The highest BCUT2D eigenvalue weighted by atomic mass is 16.5. The maximum atomic E-state index is 14.1. The summed E-state index contributed by atoms with van der Waals surface area (Å²) in [4.78, 5) is 18.3. The van der Waals surface area contributed by atoms with Crippen molar-refractivity contribution in [3.05, 3.63) is 120 Å². The first-order valence-corrected chi connectivity index (χ1v) is 13.1. The number of carbonyl (C=O) groups is 1. The van der Waals surface area contributed by atoms with E-state index in [0.717, 1.165) is 36.4 Å². The van der Waals surface area contributed by atoms with Crippen LogP contribution in [0.4, 0.5) is 5.69 Å². The molecule has 194 valence electrons. The SMILES string of the molecule is C=C/C=C\C(=C(C)C)/C(=C\C=C)C(=O)N1Cc2ccccc2C[C@H]1COc1ccc(N(CC)CC)cc1. The molecule has 1 atom stereocenters. The van der Waals surface area contributed by atoms with E-state index in [2.05, 4.69) is 62.2 Å². The number of anilines is 1. The van der Waals surface area contributed by atoms with Gasteiger partial charge in [0.1, 0.15) is 12.4 Å². The molecule has 1 aliphatic rings. The van der Waals surface area contributed by atoms with Crippen LogP contribution in [0.5, 0.6) is 5.75 Å². The van der Waals surface area contributed by atoms with Crippen molar-refractivity contribution in [2.45, 2.75) is 46.7 Å².